The second kappa shape index (κ2) is 8.42. The number of ether oxygens (including phenoxy) is 1. The standard InChI is InChI=1S/C27H25NO2/c1-19-27(20(2)29)25(18-28(19)17-21-10-5-4-6-11-21)23-13-9-12-22(16-23)24-14-7-8-15-26(24)30-3/h4-16,18H,17H2,1-3H3. The van der Waals surface area contributed by atoms with Gasteiger partial charge in [-0.05, 0) is 42.7 Å². The van der Waals surface area contributed by atoms with Gasteiger partial charge in [0.25, 0.3) is 0 Å². The lowest BCUT2D eigenvalue weighted by molar-refractivity contribution is 0.101. The molecule has 0 aliphatic carbocycles. The fourth-order valence-electron chi connectivity index (χ4n) is 4.00. The van der Waals surface area contributed by atoms with Crippen LogP contribution >= 0.6 is 0 Å². The molecule has 0 unspecified atom stereocenters. The van der Waals surface area contributed by atoms with Gasteiger partial charge >= 0.3 is 0 Å². The molecule has 3 aromatic carbocycles. The summed E-state index contributed by atoms with van der Waals surface area (Å²) in [5, 5.41) is 0. The average Bonchev–Trinajstić information content (AvgIpc) is 3.10. The predicted molar refractivity (Wildman–Crippen MR) is 122 cm³/mol. The highest BCUT2D eigenvalue weighted by molar-refractivity contribution is 6.02. The quantitative estimate of drug-likeness (QED) is 0.354. The molecule has 0 spiro atoms. The van der Waals surface area contributed by atoms with E-state index in [9.17, 15) is 4.79 Å². The van der Waals surface area contributed by atoms with Crippen molar-refractivity contribution >= 4 is 5.78 Å². The van der Waals surface area contributed by atoms with Crippen molar-refractivity contribution in [3.63, 3.8) is 0 Å². The SMILES string of the molecule is COc1ccccc1-c1cccc(-c2cn(Cc3ccccc3)c(C)c2C(C)=O)c1. The molecule has 0 fully saturated rings. The van der Waals surface area contributed by atoms with Crippen LogP contribution in [0.3, 0.4) is 0 Å². The summed E-state index contributed by atoms with van der Waals surface area (Å²) in [5.74, 6) is 0.913. The van der Waals surface area contributed by atoms with E-state index in [4.69, 9.17) is 4.74 Å². The zero-order valence-corrected chi connectivity index (χ0v) is 17.6. The van der Waals surface area contributed by atoms with E-state index in [0.29, 0.717) is 0 Å². The van der Waals surface area contributed by atoms with Crippen molar-refractivity contribution < 1.29 is 9.53 Å². The highest BCUT2D eigenvalue weighted by Gasteiger charge is 2.18. The molecule has 1 heterocycles. The van der Waals surface area contributed by atoms with Crippen molar-refractivity contribution in [1.29, 1.82) is 0 Å². The summed E-state index contributed by atoms with van der Waals surface area (Å²) in [5.41, 5.74) is 7.07. The number of Topliss-reactive ketones (excluding diaryl/α,β-unsaturated/α-hetero) is 1. The minimum absolute atomic E-state index is 0.0806. The third-order valence-electron chi connectivity index (χ3n) is 5.49. The van der Waals surface area contributed by atoms with E-state index in [2.05, 4.69) is 47.2 Å². The largest absolute Gasteiger partial charge is 0.496 e. The van der Waals surface area contributed by atoms with Crippen LogP contribution in [-0.2, 0) is 6.54 Å². The Morgan fingerprint density at radius 2 is 1.53 bits per heavy atom. The molecule has 0 saturated carbocycles. The van der Waals surface area contributed by atoms with E-state index in [-0.39, 0.29) is 5.78 Å². The van der Waals surface area contributed by atoms with Gasteiger partial charge in [-0.15, -0.1) is 0 Å². The van der Waals surface area contributed by atoms with Crippen molar-refractivity contribution in [3.8, 4) is 28.0 Å². The minimum Gasteiger partial charge on any atom is -0.496 e. The van der Waals surface area contributed by atoms with Gasteiger partial charge in [-0.1, -0.05) is 66.7 Å². The van der Waals surface area contributed by atoms with E-state index < -0.39 is 0 Å². The van der Waals surface area contributed by atoms with E-state index in [0.717, 1.165) is 45.8 Å². The Bertz CT molecular complexity index is 1190. The van der Waals surface area contributed by atoms with Gasteiger partial charge in [0, 0.05) is 35.1 Å². The first-order valence-electron chi connectivity index (χ1n) is 10.1. The second-order valence-corrected chi connectivity index (χ2v) is 7.45. The van der Waals surface area contributed by atoms with Crippen LogP contribution in [0, 0.1) is 6.92 Å². The summed E-state index contributed by atoms with van der Waals surface area (Å²) in [6.07, 6.45) is 2.10. The molecule has 3 nitrogen and oxygen atoms in total. The maximum absolute atomic E-state index is 12.5. The van der Waals surface area contributed by atoms with Gasteiger partial charge < -0.3 is 9.30 Å². The van der Waals surface area contributed by atoms with Crippen LogP contribution in [-0.4, -0.2) is 17.5 Å². The average molecular weight is 396 g/mol. The van der Waals surface area contributed by atoms with E-state index in [1.165, 1.54) is 5.56 Å². The smallest absolute Gasteiger partial charge is 0.162 e. The fraction of sp³-hybridized carbons (Fsp3) is 0.148. The molecule has 4 rings (SSSR count). The third-order valence-corrected chi connectivity index (χ3v) is 5.49. The van der Waals surface area contributed by atoms with E-state index >= 15 is 0 Å². The maximum Gasteiger partial charge on any atom is 0.162 e. The maximum atomic E-state index is 12.5. The molecule has 0 radical (unpaired) electrons. The van der Waals surface area contributed by atoms with Crippen molar-refractivity contribution in [3.05, 3.63) is 102 Å². The van der Waals surface area contributed by atoms with Crippen LogP contribution < -0.4 is 4.74 Å². The molecule has 4 aromatic rings. The highest BCUT2D eigenvalue weighted by Crippen LogP contribution is 2.35. The van der Waals surface area contributed by atoms with Gasteiger partial charge in [0.15, 0.2) is 5.78 Å². The van der Waals surface area contributed by atoms with Gasteiger partial charge in [0.1, 0.15) is 5.75 Å². The minimum atomic E-state index is 0.0806. The first-order chi connectivity index (χ1) is 14.6. The number of carbonyl (C=O) groups excluding carboxylic acids is 1. The van der Waals surface area contributed by atoms with E-state index in [1.54, 1.807) is 14.0 Å². The first-order valence-corrected chi connectivity index (χ1v) is 10.1. The summed E-state index contributed by atoms with van der Waals surface area (Å²) in [7, 11) is 1.68. The number of hydrogen-bond donors (Lipinski definition) is 0. The Hall–Kier alpha value is -3.59. The Labute approximate surface area is 177 Å². The van der Waals surface area contributed by atoms with Crippen molar-refractivity contribution in [1.82, 2.24) is 4.57 Å². The molecule has 1 aromatic heterocycles. The van der Waals surface area contributed by atoms with Gasteiger partial charge in [-0.3, -0.25) is 4.79 Å². The van der Waals surface area contributed by atoms with Crippen LogP contribution in [0.1, 0.15) is 28.5 Å². The number of rotatable bonds is 6. The highest BCUT2D eigenvalue weighted by atomic mass is 16.5. The van der Waals surface area contributed by atoms with Gasteiger partial charge in [0.2, 0.25) is 0 Å². The Balaban J connectivity index is 1.80. The zero-order chi connectivity index (χ0) is 21.1. The van der Waals surface area contributed by atoms with Gasteiger partial charge in [-0.25, -0.2) is 0 Å². The van der Waals surface area contributed by atoms with Crippen molar-refractivity contribution in [2.75, 3.05) is 7.11 Å². The lowest BCUT2D eigenvalue weighted by atomic mass is 9.96. The summed E-state index contributed by atoms with van der Waals surface area (Å²) >= 11 is 0. The summed E-state index contributed by atoms with van der Waals surface area (Å²) < 4.78 is 7.70. The lowest BCUT2D eigenvalue weighted by Crippen LogP contribution is -2.02. The number of para-hydroxylation sites is 1. The summed E-state index contributed by atoms with van der Waals surface area (Å²) in [6, 6.07) is 26.6. The molecule has 3 heteroatoms. The number of benzene rings is 3. The van der Waals surface area contributed by atoms with Crippen LogP contribution in [0.5, 0.6) is 5.75 Å². The molecule has 0 atom stereocenters. The van der Waals surface area contributed by atoms with Crippen LogP contribution in [0.2, 0.25) is 0 Å². The van der Waals surface area contributed by atoms with Crippen LogP contribution in [0.15, 0.2) is 85.1 Å². The molecular weight excluding hydrogens is 370 g/mol. The third kappa shape index (κ3) is 3.79. The fourth-order valence-corrected chi connectivity index (χ4v) is 4.00. The molecule has 0 amide bonds. The molecule has 0 saturated heterocycles. The monoisotopic (exact) mass is 395 g/mol. The number of carbonyl (C=O) groups is 1. The van der Waals surface area contributed by atoms with Crippen LogP contribution in [0.25, 0.3) is 22.3 Å². The summed E-state index contributed by atoms with van der Waals surface area (Å²) in [4.78, 5) is 12.5. The Morgan fingerprint density at radius 3 is 2.23 bits per heavy atom. The molecule has 0 bridgehead atoms. The molecular formula is C27H25NO2. The zero-order valence-electron chi connectivity index (χ0n) is 17.6. The number of nitrogens with zero attached hydrogens (tertiary/aromatic N) is 1. The number of ketones is 1. The first kappa shape index (κ1) is 19.7. The number of aromatic nitrogens is 1. The predicted octanol–water partition coefficient (Wildman–Crippen LogP) is 6.39. The molecule has 0 aliphatic heterocycles. The molecule has 150 valence electrons. The number of hydrogen-bond acceptors (Lipinski definition) is 2. The Morgan fingerprint density at radius 1 is 0.867 bits per heavy atom. The Kier molecular flexibility index (Phi) is 5.53. The molecule has 30 heavy (non-hydrogen) atoms. The van der Waals surface area contributed by atoms with Crippen molar-refractivity contribution in [2.24, 2.45) is 0 Å². The second-order valence-electron chi connectivity index (χ2n) is 7.45. The molecule has 0 aliphatic rings. The topological polar surface area (TPSA) is 31.2 Å². The van der Waals surface area contributed by atoms with E-state index in [1.807, 2.05) is 49.4 Å². The normalized spacial score (nSPS) is 10.8. The number of methoxy groups -OCH3 is 1. The lowest BCUT2D eigenvalue weighted by Gasteiger charge is -2.10. The summed E-state index contributed by atoms with van der Waals surface area (Å²) in [6.45, 7) is 4.40. The van der Waals surface area contributed by atoms with Gasteiger partial charge in [-0.2, -0.15) is 0 Å². The molecule has 0 N–H and O–H groups in total. The van der Waals surface area contributed by atoms with Gasteiger partial charge in [0.05, 0.1) is 7.11 Å². The van der Waals surface area contributed by atoms with Crippen LogP contribution in [0.4, 0.5) is 0 Å². The van der Waals surface area contributed by atoms with Crippen molar-refractivity contribution in [2.45, 2.75) is 20.4 Å².